The molecule has 1 unspecified atom stereocenters. The first-order valence-electron chi connectivity index (χ1n) is 3.90. The number of hydrogen-bond donors (Lipinski definition) is 1. The zero-order valence-electron chi connectivity index (χ0n) is 7.05. The third-order valence-electron chi connectivity index (χ3n) is 1.44. The molecule has 1 N–H and O–H groups in total. The lowest BCUT2D eigenvalue weighted by molar-refractivity contribution is -0.108. The van der Waals surface area contributed by atoms with Crippen molar-refractivity contribution in [1.82, 2.24) is 5.32 Å². The number of aldehydes is 1. The number of carbonyl (C=O) groups is 1. The van der Waals surface area contributed by atoms with Gasteiger partial charge in [0.15, 0.2) is 0 Å². The van der Waals surface area contributed by atoms with Gasteiger partial charge in [0.25, 0.3) is 0 Å². The quantitative estimate of drug-likeness (QED) is 0.589. The molecule has 1 atom stereocenters. The average molecular weight is 143 g/mol. The van der Waals surface area contributed by atoms with Gasteiger partial charge >= 0.3 is 0 Å². The van der Waals surface area contributed by atoms with Crippen molar-refractivity contribution >= 4 is 6.29 Å². The molecule has 2 heteroatoms. The Morgan fingerprint density at radius 1 is 1.50 bits per heavy atom. The van der Waals surface area contributed by atoms with Crippen molar-refractivity contribution in [3.63, 3.8) is 0 Å². The zero-order valence-corrected chi connectivity index (χ0v) is 7.05. The first kappa shape index (κ1) is 9.63. The van der Waals surface area contributed by atoms with Gasteiger partial charge in [0, 0.05) is 18.5 Å². The summed E-state index contributed by atoms with van der Waals surface area (Å²) in [4.78, 5) is 10.1. The van der Waals surface area contributed by atoms with Crippen LogP contribution in [0.5, 0.6) is 0 Å². The maximum absolute atomic E-state index is 10.1. The first-order valence-corrected chi connectivity index (χ1v) is 3.90. The average Bonchev–Trinajstić information content (AvgIpc) is 1.86. The van der Waals surface area contributed by atoms with Gasteiger partial charge in [-0.25, -0.2) is 0 Å². The third kappa shape index (κ3) is 4.50. The van der Waals surface area contributed by atoms with Crippen LogP contribution >= 0.6 is 0 Å². The summed E-state index contributed by atoms with van der Waals surface area (Å²) in [6.45, 7) is 6.27. The molecule has 10 heavy (non-hydrogen) atoms. The maximum atomic E-state index is 10.1. The van der Waals surface area contributed by atoms with E-state index in [2.05, 4.69) is 26.1 Å². The molecule has 0 radical (unpaired) electrons. The summed E-state index contributed by atoms with van der Waals surface area (Å²) < 4.78 is 0. The molecule has 0 bridgehead atoms. The topological polar surface area (TPSA) is 29.1 Å². The Hall–Kier alpha value is -0.370. The van der Waals surface area contributed by atoms with Gasteiger partial charge in [0.2, 0.25) is 0 Å². The fourth-order valence-corrected chi connectivity index (χ4v) is 0.940. The van der Waals surface area contributed by atoms with Crippen molar-refractivity contribution in [2.75, 3.05) is 0 Å². The minimum Gasteiger partial charge on any atom is -0.311 e. The monoisotopic (exact) mass is 143 g/mol. The van der Waals surface area contributed by atoms with Crippen molar-refractivity contribution in [3.05, 3.63) is 0 Å². The fraction of sp³-hybridized carbons (Fsp3) is 0.875. The second kappa shape index (κ2) is 5.42. The van der Waals surface area contributed by atoms with Crippen molar-refractivity contribution in [3.8, 4) is 0 Å². The molecule has 0 saturated carbocycles. The molecular formula is C8H17NO. The van der Waals surface area contributed by atoms with Crippen LogP contribution in [-0.4, -0.2) is 18.4 Å². The lowest BCUT2D eigenvalue weighted by Gasteiger charge is -2.16. The Labute approximate surface area is 63.0 Å². The van der Waals surface area contributed by atoms with E-state index in [0.29, 0.717) is 18.5 Å². The predicted octanol–water partition coefficient (Wildman–Crippen LogP) is 1.35. The SMILES string of the molecule is CCC(CC=O)NC(C)C. The lowest BCUT2D eigenvalue weighted by Crippen LogP contribution is -2.34. The van der Waals surface area contributed by atoms with Gasteiger partial charge in [-0.1, -0.05) is 20.8 Å². The van der Waals surface area contributed by atoms with Crippen molar-refractivity contribution in [1.29, 1.82) is 0 Å². The van der Waals surface area contributed by atoms with Crippen LogP contribution in [-0.2, 0) is 4.79 Å². The summed E-state index contributed by atoms with van der Waals surface area (Å²) in [7, 11) is 0. The van der Waals surface area contributed by atoms with E-state index in [4.69, 9.17) is 0 Å². The van der Waals surface area contributed by atoms with Gasteiger partial charge in [-0.15, -0.1) is 0 Å². The summed E-state index contributed by atoms with van der Waals surface area (Å²) >= 11 is 0. The molecular weight excluding hydrogens is 126 g/mol. The largest absolute Gasteiger partial charge is 0.311 e. The molecule has 0 aromatic heterocycles. The predicted molar refractivity (Wildman–Crippen MR) is 43.0 cm³/mol. The normalized spacial score (nSPS) is 13.6. The Kier molecular flexibility index (Phi) is 5.22. The second-order valence-corrected chi connectivity index (χ2v) is 2.83. The molecule has 0 aromatic carbocycles. The number of carbonyl (C=O) groups excluding carboxylic acids is 1. The summed E-state index contributed by atoms with van der Waals surface area (Å²) in [5.41, 5.74) is 0. The van der Waals surface area contributed by atoms with Crippen molar-refractivity contribution < 1.29 is 4.79 Å². The first-order chi connectivity index (χ1) is 4.70. The Morgan fingerprint density at radius 3 is 2.40 bits per heavy atom. The molecule has 0 rings (SSSR count). The standard InChI is InChI=1S/C8H17NO/c1-4-8(5-6-10)9-7(2)3/h6-9H,4-5H2,1-3H3. The van der Waals surface area contributed by atoms with Gasteiger partial charge in [0.1, 0.15) is 6.29 Å². The zero-order chi connectivity index (χ0) is 7.98. The minimum absolute atomic E-state index is 0.373. The highest BCUT2D eigenvalue weighted by Gasteiger charge is 2.04. The Morgan fingerprint density at radius 2 is 2.10 bits per heavy atom. The molecule has 0 saturated heterocycles. The summed E-state index contributed by atoms with van der Waals surface area (Å²) in [6.07, 6.45) is 2.63. The van der Waals surface area contributed by atoms with Crippen LogP contribution in [0.1, 0.15) is 33.6 Å². The maximum Gasteiger partial charge on any atom is 0.121 e. The highest BCUT2D eigenvalue weighted by molar-refractivity contribution is 5.50. The summed E-state index contributed by atoms with van der Waals surface area (Å²) in [5.74, 6) is 0. The van der Waals surface area contributed by atoms with Crippen molar-refractivity contribution in [2.24, 2.45) is 0 Å². The molecule has 0 heterocycles. The van der Waals surface area contributed by atoms with Crippen molar-refractivity contribution in [2.45, 2.75) is 45.7 Å². The fourth-order valence-electron chi connectivity index (χ4n) is 0.940. The molecule has 60 valence electrons. The summed E-state index contributed by atoms with van der Waals surface area (Å²) in [5, 5.41) is 3.30. The number of rotatable bonds is 5. The lowest BCUT2D eigenvalue weighted by atomic mass is 10.1. The highest BCUT2D eigenvalue weighted by atomic mass is 16.1. The second-order valence-electron chi connectivity index (χ2n) is 2.83. The van der Waals surface area contributed by atoms with Gasteiger partial charge < -0.3 is 10.1 Å². The van der Waals surface area contributed by atoms with Gasteiger partial charge in [-0.2, -0.15) is 0 Å². The molecule has 0 aliphatic heterocycles. The van der Waals surface area contributed by atoms with Crippen LogP contribution in [0.15, 0.2) is 0 Å². The third-order valence-corrected chi connectivity index (χ3v) is 1.44. The van der Waals surface area contributed by atoms with E-state index in [0.717, 1.165) is 12.7 Å². The van der Waals surface area contributed by atoms with E-state index in [1.807, 2.05) is 0 Å². The van der Waals surface area contributed by atoms with Crippen LogP contribution in [0.25, 0.3) is 0 Å². The molecule has 0 amide bonds. The highest BCUT2D eigenvalue weighted by Crippen LogP contribution is 1.95. The Balaban J connectivity index is 3.48. The Bertz CT molecular complexity index is 91.3. The van der Waals surface area contributed by atoms with Crippen LogP contribution in [0.2, 0.25) is 0 Å². The number of nitrogens with one attached hydrogen (secondary N) is 1. The van der Waals surface area contributed by atoms with Crippen LogP contribution in [0.4, 0.5) is 0 Å². The van der Waals surface area contributed by atoms with E-state index >= 15 is 0 Å². The molecule has 0 aliphatic rings. The van der Waals surface area contributed by atoms with Crippen LogP contribution in [0, 0.1) is 0 Å². The molecule has 0 fully saturated rings. The van der Waals surface area contributed by atoms with E-state index in [1.54, 1.807) is 0 Å². The van der Waals surface area contributed by atoms with E-state index in [9.17, 15) is 4.79 Å². The van der Waals surface area contributed by atoms with E-state index in [1.165, 1.54) is 0 Å². The molecule has 0 aliphatic carbocycles. The smallest absolute Gasteiger partial charge is 0.121 e. The van der Waals surface area contributed by atoms with Gasteiger partial charge in [-0.05, 0) is 6.42 Å². The summed E-state index contributed by atoms with van der Waals surface area (Å²) in [6, 6.07) is 0.849. The van der Waals surface area contributed by atoms with Crippen LogP contribution in [0.3, 0.4) is 0 Å². The van der Waals surface area contributed by atoms with Gasteiger partial charge in [0.05, 0.1) is 0 Å². The van der Waals surface area contributed by atoms with Crippen LogP contribution < -0.4 is 5.32 Å². The molecule has 0 spiro atoms. The molecule has 0 aromatic rings. The number of hydrogen-bond acceptors (Lipinski definition) is 2. The van der Waals surface area contributed by atoms with Gasteiger partial charge in [-0.3, -0.25) is 0 Å². The van der Waals surface area contributed by atoms with E-state index < -0.39 is 0 Å². The minimum atomic E-state index is 0.373. The molecule has 2 nitrogen and oxygen atoms in total. The van der Waals surface area contributed by atoms with E-state index in [-0.39, 0.29) is 0 Å².